The summed E-state index contributed by atoms with van der Waals surface area (Å²) in [6.07, 6.45) is 1.66. The van der Waals surface area contributed by atoms with E-state index in [1.54, 1.807) is 12.3 Å². The van der Waals surface area contributed by atoms with Crippen LogP contribution >= 0.6 is 22.7 Å². The largest absolute Gasteiger partial charge is 0.461 e. The number of esters is 1. The van der Waals surface area contributed by atoms with Crippen LogP contribution in [0.3, 0.4) is 0 Å². The molecule has 0 radical (unpaired) electrons. The summed E-state index contributed by atoms with van der Waals surface area (Å²) in [6.45, 7) is 6.12. The van der Waals surface area contributed by atoms with Crippen molar-refractivity contribution in [3.63, 3.8) is 0 Å². The van der Waals surface area contributed by atoms with Gasteiger partial charge in [0.25, 0.3) is 0 Å². The van der Waals surface area contributed by atoms with E-state index in [9.17, 15) is 19.2 Å². The fourth-order valence-electron chi connectivity index (χ4n) is 3.14. The van der Waals surface area contributed by atoms with Gasteiger partial charge in [-0.05, 0) is 13.3 Å². The number of ketones is 1. The number of hydrogen-bond donors (Lipinski definition) is 2. The molecule has 1 aliphatic rings. The van der Waals surface area contributed by atoms with Gasteiger partial charge in [-0.3, -0.25) is 14.4 Å². The molecule has 2 amide bonds. The fourth-order valence-corrected chi connectivity index (χ4v) is 4.86. The number of hydrogen-bond acceptors (Lipinski definition) is 9. The molecule has 0 fully saturated rings. The van der Waals surface area contributed by atoms with E-state index in [1.807, 2.05) is 13.8 Å². The molecular formula is C21H26N4O5S2. The number of amides is 2. The highest BCUT2D eigenvalue weighted by Crippen LogP contribution is 2.32. The highest BCUT2D eigenvalue weighted by molar-refractivity contribution is 7.17. The first-order valence-electron chi connectivity index (χ1n) is 10.5. The average molecular weight is 479 g/mol. The number of ether oxygens (including phenoxy) is 1. The molecule has 0 bridgehead atoms. The topological polar surface area (TPSA) is 127 Å². The van der Waals surface area contributed by atoms with Gasteiger partial charge in [-0.15, -0.1) is 11.3 Å². The molecule has 0 aliphatic heterocycles. The predicted octanol–water partition coefficient (Wildman–Crippen LogP) is 2.86. The van der Waals surface area contributed by atoms with Crippen LogP contribution in [-0.2, 0) is 27.2 Å². The number of carbonyl (C=O) groups excluding carboxylic acids is 4. The highest BCUT2D eigenvalue weighted by Gasteiger charge is 2.33. The van der Waals surface area contributed by atoms with Crippen LogP contribution in [0.25, 0.3) is 0 Å². The second-order valence-corrected chi connectivity index (χ2v) is 9.45. The number of Topliss-reactive ketones (excluding diaryl/α,β-unsaturated/α-hetero) is 1. The maximum atomic E-state index is 12.6. The Kier molecular flexibility index (Phi) is 8.08. The molecule has 2 aromatic heterocycles. The van der Waals surface area contributed by atoms with E-state index in [-0.39, 0.29) is 42.2 Å². The number of fused-ring (bicyclic) bond motifs is 1. The minimum absolute atomic E-state index is 0.115. The number of aromatic nitrogens is 2. The van der Waals surface area contributed by atoms with Crippen molar-refractivity contribution in [1.29, 1.82) is 0 Å². The molecule has 11 heteroatoms. The van der Waals surface area contributed by atoms with Crippen LogP contribution in [0.15, 0.2) is 5.38 Å². The van der Waals surface area contributed by atoms with Gasteiger partial charge >= 0.3 is 5.97 Å². The summed E-state index contributed by atoms with van der Waals surface area (Å²) >= 11 is 2.50. The third-order valence-electron chi connectivity index (χ3n) is 5.16. The zero-order valence-corrected chi connectivity index (χ0v) is 19.9. The van der Waals surface area contributed by atoms with Crippen LogP contribution in [0.1, 0.15) is 64.5 Å². The third-order valence-corrected chi connectivity index (χ3v) is 7.12. The lowest BCUT2D eigenvalue weighted by molar-refractivity contribution is -0.125. The van der Waals surface area contributed by atoms with E-state index in [0.29, 0.717) is 41.5 Å². The number of carbonyl (C=O) groups is 4. The molecule has 3 rings (SSSR count). The Bertz CT molecular complexity index is 1020. The van der Waals surface area contributed by atoms with Gasteiger partial charge in [-0.25, -0.2) is 14.8 Å². The van der Waals surface area contributed by atoms with E-state index in [2.05, 4.69) is 20.6 Å². The van der Waals surface area contributed by atoms with Crippen molar-refractivity contribution in [3.8, 4) is 0 Å². The molecule has 32 heavy (non-hydrogen) atoms. The minimum atomic E-state index is -0.499. The summed E-state index contributed by atoms with van der Waals surface area (Å²) in [5, 5.41) is 8.36. The molecule has 9 nitrogen and oxygen atoms in total. The lowest BCUT2D eigenvalue weighted by Crippen LogP contribution is -2.36. The highest BCUT2D eigenvalue weighted by atomic mass is 32.1. The van der Waals surface area contributed by atoms with E-state index in [0.717, 1.165) is 5.01 Å². The van der Waals surface area contributed by atoms with E-state index >= 15 is 0 Å². The van der Waals surface area contributed by atoms with Crippen molar-refractivity contribution >= 4 is 51.4 Å². The number of thiazole rings is 2. The number of nitrogens with zero attached hydrogens (tertiary/aromatic N) is 2. The van der Waals surface area contributed by atoms with Gasteiger partial charge in [0.15, 0.2) is 16.6 Å². The van der Waals surface area contributed by atoms with E-state index in [4.69, 9.17) is 4.74 Å². The lowest BCUT2D eigenvalue weighted by atomic mass is 9.89. The molecule has 0 aromatic carbocycles. The number of anilines is 1. The lowest BCUT2D eigenvalue weighted by Gasteiger charge is -2.19. The molecule has 2 atom stereocenters. The second-order valence-electron chi connectivity index (χ2n) is 7.51. The minimum Gasteiger partial charge on any atom is -0.461 e. The van der Waals surface area contributed by atoms with E-state index in [1.165, 1.54) is 22.7 Å². The van der Waals surface area contributed by atoms with Crippen LogP contribution in [0.4, 0.5) is 5.13 Å². The first-order chi connectivity index (χ1) is 15.3. The molecule has 2 N–H and O–H groups in total. The maximum Gasteiger partial charge on any atom is 0.357 e. The monoisotopic (exact) mass is 478 g/mol. The summed E-state index contributed by atoms with van der Waals surface area (Å²) in [6, 6.07) is 0. The van der Waals surface area contributed by atoms with Crippen molar-refractivity contribution in [2.24, 2.45) is 11.8 Å². The first kappa shape index (κ1) is 24.0. The SMILES string of the molecule is CCOC(=O)c1csc(CCNC(=O)[C@H]2CC(=O)c3sc(NC(=O)[C@H](C)CC)nc3C2)n1. The van der Waals surface area contributed by atoms with Crippen molar-refractivity contribution in [2.45, 2.75) is 46.5 Å². The molecule has 0 saturated carbocycles. The van der Waals surface area contributed by atoms with Gasteiger partial charge in [-0.1, -0.05) is 25.2 Å². The zero-order valence-electron chi connectivity index (χ0n) is 18.2. The molecule has 172 valence electrons. The van der Waals surface area contributed by atoms with Gasteiger partial charge in [0.05, 0.1) is 28.1 Å². The quantitative estimate of drug-likeness (QED) is 0.531. The van der Waals surface area contributed by atoms with E-state index < -0.39 is 11.9 Å². The van der Waals surface area contributed by atoms with Crippen LogP contribution in [0.5, 0.6) is 0 Å². The number of nitrogens with one attached hydrogen (secondary N) is 2. The Balaban J connectivity index is 1.53. The summed E-state index contributed by atoms with van der Waals surface area (Å²) in [7, 11) is 0. The Morgan fingerprint density at radius 2 is 2.03 bits per heavy atom. The molecule has 2 heterocycles. The van der Waals surface area contributed by atoms with Gasteiger partial charge < -0.3 is 15.4 Å². The normalized spacial score (nSPS) is 16.2. The van der Waals surface area contributed by atoms with Crippen LogP contribution in [0.2, 0.25) is 0 Å². The average Bonchev–Trinajstić information content (AvgIpc) is 3.40. The van der Waals surface area contributed by atoms with Crippen molar-refractivity contribution < 1.29 is 23.9 Å². The molecule has 1 aliphatic carbocycles. The Labute approximate surface area is 194 Å². The van der Waals surface area contributed by atoms with Gasteiger partial charge in [0.2, 0.25) is 11.8 Å². The number of rotatable bonds is 9. The van der Waals surface area contributed by atoms with Crippen LogP contribution < -0.4 is 10.6 Å². The zero-order chi connectivity index (χ0) is 23.3. The molecule has 0 saturated heterocycles. The maximum absolute atomic E-state index is 12.6. The van der Waals surface area contributed by atoms with Crippen molar-refractivity contribution in [1.82, 2.24) is 15.3 Å². The molecule has 2 aromatic rings. The fraction of sp³-hybridized carbons (Fsp3) is 0.524. The van der Waals surface area contributed by atoms with Crippen molar-refractivity contribution in [3.05, 3.63) is 26.7 Å². The van der Waals surface area contributed by atoms with Gasteiger partial charge in [-0.2, -0.15) is 0 Å². The van der Waals surface area contributed by atoms with Crippen molar-refractivity contribution in [2.75, 3.05) is 18.5 Å². The van der Waals surface area contributed by atoms with Crippen LogP contribution in [0, 0.1) is 11.8 Å². The predicted molar refractivity (Wildman–Crippen MR) is 121 cm³/mol. The second kappa shape index (κ2) is 10.8. The summed E-state index contributed by atoms with van der Waals surface area (Å²) in [5.41, 5.74) is 0.827. The Hall–Kier alpha value is -2.66. The third kappa shape index (κ3) is 5.77. The Morgan fingerprint density at radius 3 is 2.75 bits per heavy atom. The summed E-state index contributed by atoms with van der Waals surface area (Å²) in [5.74, 6) is -1.58. The standard InChI is InChI=1S/C21H26N4O5S2/c1-4-11(3)18(27)25-21-24-13-8-12(9-15(26)17(13)32-21)19(28)22-7-6-16-23-14(10-31-16)20(29)30-5-2/h10-12H,4-9H2,1-3H3,(H,22,28)(H,24,25,27)/t11-,12-/m1/s1. The molecule has 0 unspecified atom stereocenters. The van der Waals surface area contributed by atoms with Gasteiger partial charge in [0, 0.05) is 37.1 Å². The smallest absolute Gasteiger partial charge is 0.357 e. The summed E-state index contributed by atoms with van der Waals surface area (Å²) in [4.78, 5) is 58.0. The molecule has 0 spiro atoms. The first-order valence-corrected chi connectivity index (χ1v) is 12.2. The van der Waals surface area contributed by atoms with Gasteiger partial charge in [0.1, 0.15) is 0 Å². The summed E-state index contributed by atoms with van der Waals surface area (Å²) < 4.78 is 4.92. The Morgan fingerprint density at radius 1 is 1.25 bits per heavy atom. The van der Waals surface area contributed by atoms with Crippen LogP contribution in [-0.4, -0.2) is 46.7 Å². The molecular weight excluding hydrogens is 452 g/mol.